The van der Waals surface area contributed by atoms with Crippen LogP contribution < -0.4 is 5.32 Å². The Morgan fingerprint density at radius 3 is 2.81 bits per heavy atom. The Labute approximate surface area is 125 Å². The largest absolute Gasteiger partial charge is 0.460 e. The molecule has 1 saturated heterocycles. The molecule has 0 radical (unpaired) electrons. The zero-order valence-corrected chi connectivity index (χ0v) is 12.4. The van der Waals surface area contributed by atoms with E-state index in [2.05, 4.69) is 22.3 Å². The second-order valence-corrected chi connectivity index (χ2v) is 5.89. The number of fused-ring (bicyclic) bond motifs is 1. The van der Waals surface area contributed by atoms with Gasteiger partial charge in [0.05, 0.1) is 13.2 Å². The van der Waals surface area contributed by atoms with E-state index >= 15 is 0 Å². The highest BCUT2D eigenvalue weighted by Crippen LogP contribution is 2.19. The average Bonchev–Trinajstić information content (AvgIpc) is 2.92. The first kappa shape index (κ1) is 14.6. The molecule has 0 amide bonds. The maximum absolute atomic E-state index is 8.95. The van der Waals surface area contributed by atoms with Gasteiger partial charge in [0, 0.05) is 11.9 Å². The summed E-state index contributed by atoms with van der Waals surface area (Å²) in [5.74, 6) is 1.75. The van der Waals surface area contributed by atoms with Crippen LogP contribution in [0.5, 0.6) is 0 Å². The molecule has 1 aromatic carbocycles. The lowest BCUT2D eigenvalue weighted by molar-refractivity contribution is 0.146. The number of β-amino-alcohol motifs (C(OH)–C–C–N with tert-alkyl or cyclic N) is 1. The molecule has 0 unspecified atom stereocenters. The van der Waals surface area contributed by atoms with E-state index in [1.54, 1.807) is 0 Å². The van der Waals surface area contributed by atoms with Gasteiger partial charge >= 0.3 is 0 Å². The Morgan fingerprint density at radius 2 is 2.05 bits per heavy atom. The van der Waals surface area contributed by atoms with Crippen LogP contribution in [0.15, 0.2) is 34.7 Å². The van der Waals surface area contributed by atoms with Crippen LogP contribution in [0.2, 0.25) is 0 Å². The molecule has 0 saturated carbocycles. The number of aliphatic hydroxyl groups is 1. The van der Waals surface area contributed by atoms with Gasteiger partial charge in [-0.15, -0.1) is 0 Å². The highest BCUT2D eigenvalue weighted by Gasteiger charge is 2.18. The highest BCUT2D eigenvalue weighted by atomic mass is 16.3. The van der Waals surface area contributed by atoms with Gasteiger partial charge in [-0.3, -0.25) is 0 Å². The van der Waals surface area contributed by atoms with Crippen LogP contribution in [-0.2, 0) is 6.54 Å². The molecule has 0 spiro atoms. The first-order chi connectivity index (χ1) is 10.3. The molecule has 21 heavy (non-hydrogen) atoms. The van der Waals surface area contributed by atoms with Gasteiger partial charge in [0.1, 0.15) is 11.3 Å². The lowest BCUT2D eigenvalue weighted by Crippen LogP contribution is -2.38. The fourth-order valence-corrected chi connectivity index (χ4v) is 3.08. The molecule has 2 N–H and O–H groups in total. The van der Waals surface area contributed by atoms with Crippen LogP contribution in [0.3, 0.4) is 0 Å². The number of benzene rings is 1. The number of nitrogens with one attached hydrogen (secondary N) is 1. The van der Waals surface area contributed by atoms with E-state index < -0.39 is 0 Å². The van der Waals surface area contributed by atoms with Gasteiger partial charge in [-0.25, -0.2) is 0 Å². The Bertz CT molecular complexity index is 526. The molecule has 4 heteroatoms. The fraction of sp³-hybridized carbons (Fsp3) is 0.529. The Morgan fingerprint density at radius 1 is 1.24 bits per heavy atom. The number of furan rings is 1. The Kier molecular flexibility index (Phi) is 4.91. The number of likely N-dealkylation sites (tertiary alicyclic amines) is 1. The SMILES string of the molecule is OCCN1CCC(CNCc2cc3ccccc3o2)CC1. The van der Waals surface area contributed by atoms with Crippen LogP contribution in [0.4, 0.5) is 0 Å². The molecule has 0 aliphatic carbocycles. The zero-order valence-electron chi connectivity index (χ0n) is 12.4. The molecule has 2 aromatic rings. The van der Waals surface area contributed by atoms with Crippen LogP contribution >= 0.6 is 0 Å². The first-order valence-electron chi connectivity index (χ1n) is 7.86. The average molecular weight is 288 g/mol. The quantitative estimate of drug-likeness (QED) is 0.856. The van der Waals surface area contributed by atoms with Gasteiger partial charge in [-0.05, 0) is 50.5 Å². The molecule has 0 bridgehead atoms. The summed E-state index contributed by atoms with van der Waals surface area (Å²) in [7, 11) is 0. The lowest BCUT2D eigenvalue weighted by Gasteiger charge is -2.31. The van der Waals surface area contributed by atoms with E-state index in [4.69, 9.17) is 9.52 Å². The number of nitrogens with zero attached hydrogens (tertiary/aromatic N) is 1. The number of para-hydroxylation sites is 1. The maximum atomic E-state index is 8.95. The van der Waals surface area contributed by atoms with Gasteiger partial charge in [0.15, 0.2) is 0 Å². The summed E-state index contributed by atoms with van der Waals surface area (Å²) in [6, 6.07) is 10.2. The summed E-state index contributed by atoms with van der Waals surface area (Å²) in [5, 5.41) is 13.6. The van der Waals surface area contributed by atoms with Crippen LogP contribution in [0, 0.1) is 5.92 Å². The van der Waals surface area contributed by atoms with E-state index in [0.29, 0.717) is 0 Å². The van der Waals surface area contributed by atoms with Crippen molar-refractivity contribution in [2.45, 2.75) is 19.4 Å². The van der Waals surface area contributed by atoms with E-state index in [0.717, 1.165) is 50.0 Å². The minimum atomic E-state index is 0.273. The molecule has 1 aliphatic rings. The monoisotopic (exact) mass is 288 g/mol. The summed E-state index contributed by atoms with van der Waals surface area (Å²) in [5.41, 5.74) is 0.964. The minimum Gasteiger partial charge on any atom is -0.460 e. The van der Waals surface area contributed by atoms with Crippen molar-refractivity contribution in [2.75, 3.05) is 32.8 Å². The molecule has 3 rings (SSSR count). The predicted octanol–water partition coefficient (Wildman–Crippen LogP) is 2.23. The van der Waals surface area contributed by atoms with Crippen molar-refractivity contribution in [3.05, 3.63) is 36.1 Å². The van der Waals surface area contributed by atoms with Gasteiger partial charge in [0.2, 0.25) is 0 Å². The molecule has 2 heterocycles. The molecular weight excluding hydrogens is 264 g/mol. The third-order valence-corrected chi connectivity index (χ3v) is 4.33. The predicted molar refractivity (Wildman–Crippen MR) is 84.2 cm³/mol. The fourth-order valence-electron chi connectivity index (χ4n) is 3.08. The third-order valence-electron chi connectivity index (χ3n) is 4.33. The third kappa shape index (κ3) is 3.84. The second-order valence-electron chi connectivity index (χ2n) is 5.89. The molecule has 114 valence electrons. The maximum Gasteiger partial charge on any atom is 0.134 e. The minimum absolute atomic E-state index is 0.273. The molecular formula is C17H24N2O2. The molecule has 4 nitrogen and oxygen atoms in total. The number of hydrogen-bond donors (Lipinski definition) is 2. The zero-order chi connectivity index (χ0) is 14.5. The lowest BCUT2D eigenvalue weighted by atomic mass is 9.97. The Hall–Kier alpha value is -1.36. The van der Waals surface area contributed by atoms with Crippen molar-refractivity contribution in [1.82, 2.24) is 10.2 Å². The van der Waals surface area contributed by atoms with Gasteiger partial charge < -0.3 is 19.7 Å². The number of rotatable bonds is 6. The first-order valence-corrected chi connectivity index (χ1v) is 7.86. The normalized spacial score (nSPS) is 17.6. The number of piperidine rings is 1. The second kappa shape index (κ2) is 7.07. The highest BCUT2D eigenvalue weighted by molar-refractivity contribution is 5.77. The van der Waals surface area contributed by atoms with E-state index in [1.807, 2.05) is 18.2 Å². The summed E-state index contributed by atoms with van der Waals surface area (Å²) >= 11 is 0. The number of hydrogen-bond acceptors (Lipinski definition) is 4. The smallest absolute Gasteiger partial charge is 0.134 e. The van der Waals surface area contributed by atoms with Crippen molar-refractivity contribution in [3.8, 4) is 0 Å². The van der Waals surface area contributed by atoms with E-state index in [9.17, 15) is 0 Å². The molecule has 1 aromatic heterocycles. The van der Waals surface area contributed by atoms with Crippen molar-refractivity contribution >= 4 is 11.0 Å². The van der Waals surface area contributed by atoms with E-state index in [-0.39, 0.29) is 6.61 Å². The van der Waals surface area contributed by atoms with Crippen LogP contribution in [-0.4, -0.2) is 42.8 Å². The standard InChI is InChI=1S/C17H24N2O2/c20-10-9-19-7-5-14(6-8-19)12-18-13-16-11-15-3-1-2-4-17(15)21-16/h1-4,11,14,18,20H,5-10,12-13H2. The van der Waals surface area contributed by atoms with Crippen molar-refractivity contribution in [1.29, 1.82) is 0 Å². The Balaban J connectivity index is 1.42. The summed E-state index contributed by atoms with van der Waals surface area (Å²) in [6.07, 6.45) is 2.43. The van der Waals surface area contributed by atoms with E-state index in [1.165, 1.54) is 18.2 Å². The molecule has 0 atom stereocenters. The van der Waals surface area contributed by atoms with Crippen molar-refractivity contribution in [3.63, 3.8) is 0 Å². The van der Waals surface area contributed by atoms with Gasteiger partial charge in [0.25, 0.3) is 0 Å². The molecule has 1 aliphatic heterocycles. The summed E-state index contributed by atoms with van der Waals surface area (Å²) in [6.45, 7) is 5.15. The summed E-state index contributed by atoms with van der Waals surface area (Å²) < 4.78 is 5.81. The van der Waals surface area contributed by atoms with Gasteiger partial charge in [-0.2, -0.15) is 0 Å². The summed E-state index contributed by atoms with van der Waals surface area (Å²) in [4.78, 5) is 2.34. The van der Waals surface area contributed by atoms with Crippen LogP contribution in [0.1, 0.15) is 18.6 Å². The molecule has 1 fully saturated rings. The van der Waals surface area contributed by atoms with Crippen LogP contribution in [0.25, 0.3) is 11.0 Å². The van der Waals surface area contributed by atoms with Crippen molar-refractivity contribution < 1.29 is 9.52 Å². The van der Waals surface area contributed by atoms with Crippen molar-refractivity contribution in [2.24, 2.45) is 5.92 Å². The topological polar surface area (TPSA) is 48.6 Å². The van der Waals surface area contributed by atoms with Gasteiger partial charge in [-0.1, -0.05) is 18.2 Å². The number of aliphatic hydroxyl groups excluding tert-OH is 1.